The molecule has 0 unspecified atom stereocenters. The minimum absolute atomic E-state index is 0.262. The maximum absolute atomic E-state index is 12.4. The van der Waals surface area contributed by atoms with Gasteiger partial charge in [0, 0.05) is 0 Å². The molecular formula is C9H15F3N2O4. The molecule has 0 aromatic carbocycles. The Hall–Kier alpha value is -1.67. The van der Waals surface area contributed by atoms with Crippen molar-refractivity contribution in [2.45, 2.75) is 39.6 Å². The number of nitrogens with zero attached hydrogens (tertiary/aromatic N) is 1. The summed E-state index contributed by atoms with van der Waals surface area (Å²) in [6, 6.07) is 0. The van der Waals surface area contributed by atoms with E-state index in [1.54, 1.807) is 0 Å². The molecular weight excluding hydrogens is 257 g/mol. The highest BCUT2D eigenvalue weighted by Gasteiger charge is 2.44. The Bertz CT molecular complexity index is 312. The van der Waals surface area contributed by atoms with Gasteiger partial charge in [0.1, 0.15) is 5.60 Å². The van der Waals surface area contributed by atoms with Crippen LogP contribution < -0.4 is 5.43 Å². The lowest BCUT2D eigenvalue weighted by Crippen LogP contribution is -2.55. The van der Waals surface area contributed by atoms with Crippen molar-refractivity contribution in [3.05, 3.63) is 0 Å². The number of hydrogen-bond acceptors (Lipinski definition) is 4. The van der Waals surface area contributed by atoms with Gasteiger partial charge < -0.3 is 9.47 Å². The van der Waals surface area contributed by atoms with Crippen molar-refractivity contribution in [3.63, 3.8) is 0 Å². The zero-order valence-electron chi connectivity index (χ0n) is 10.4. The molecule has 0 aromatic heterocycles. The Morgan fingerprint density at radius 1 is 1.22 bits per heavy atom. The first-order valence-electron chi connectivity index (χ1n) is 5.00. The summed E-state index contributed by atoms with van der Waals surface area (Å²) >= 11 is 0. The Balaban J connectivity index is 4.72. The maximum Gasteiger partial charge on any atom is 0.508 e. The number of hydrogen-bond donors (Lipinski definition) is 1. The molecule has 0 aromatic rings. The summed E-state index contributed by atoms with van der Waals surface area (Å²) in [5, 5.41) is -0.884. The van der Waals surface area contributed by atoms with E-state index in [4.69, 9.17) is 0 Å². The van der Waals surface area contributed by atoms with E-state index in [0.29, 0.717) is 0 Å². The van der Waals surface area contributed by atoms with Crippen molar-refractivity contribution in [1.29, 1.82) is 0 Å². The summed E-state index contributed by atoms with van der Waals surface area (Å²) in [4.78, 5) is 22.1. The molecule has 0 saturated heterocycles. The second-order valence-electron chi connectivity index (χ2n) is 4.12. The first-order chi connectivity index (χ1) is 7.97. The molecule has 0 rings (SSSR count). The third kappa shape index (κ3) is 6.16. The molecule has 1 N–H and O–H groups in total. The van der Waals surface area contributed by atoms with Gasteiger partial charge in [-0.2, -0.15) is 0 Å². The number of nitrogens with one attached hydrogen (secondary N) is 1. The molecule has 0 bridgehead atoms. The van der Waals surface area contributed by atoms with Crippen molar-refractivity contribution in [2.75, 3.05) is 6.61 Å². The molecule has 106 valence electrons. The lowest BCUT2D eigenvalue weighted by atomic mass is 10.2. The summed E-state index contributed by atoms with van der Waals surface area (Å²) in [7, 11) is 0. The summed E-state index contributed by atoms with van der Waals surface area (Å²) < 4.78 is 46.1. The van der Waals surface area contributed by atoms with Gasteiger partial charge in [-0.25, -0.2) is 15.0 Å². The highest BCUT2D eigenvalue weighted by molar-refractivity contribution is 5.74. The second-order valence-corrected chi connectivity index (χ2v) is 4.12. The third-order valence-corrected chi connectivity index (χ3v) is 1.31. The number of alkyl halides is 3. The Labute approximate surface area is 102 Å². The molecule has 0 aliphatic carbocycles. The average Bonchev–Trinajstić information content (AvgIpc) is 2.09. The molecule has 0 aliphatic rings. The first kappa shape index (κ1) is 16.3. The number of rotatable bonds is 1. The van der Waals surface area contributed by atoms with Crippen molar-refractivity contribution >= 4 is 12.2 Å². The Kier molecular flexibility index (Phi) is 5.25. The van der Waals surface area contributed by atoms with Gasteiger partial charge in [-0.1, -0.05) is 0 Å². The van der Waals surface area contributed by atoms with Crippen molar-refractivity contribution in [2.24, 2.45) is 0 Å². The van der Waals surface area contributed by atoms with Crippen LogP contribution in [0.1, 0.15) is 27.7 Å². The fourth-order valence-corrected chi connectivity index (χ4v) is 0.793. The smallest absolute Gasteiger partial charge is 0.448 e. The predicted molar refractivity (Wildman–Crippen MR) is 54.3 cm³/mol. The molecule has 0 saturated carbocycles. The quantitative estimate of drug-likeness (QED) is 0.588. The van der Waals surface area contributed by atoms with Crippen LogP contribution in [0, 0.1) is 0 Å². The molecule has 2 amide bonds. The van der Waals surface area contributed by atoms with Crippen molar-refractivity contribution in [3.8, 4) is 0 Å². The van der Waals surface area contributed by atoms with Crippen LogP contribution in [0.15, 0.2) is 0 Å². The highest BCUT2D eigenvalue weighted by atomic mass is 19.4. The zero-order valence-corrected chi connectivity index (χ0v) is 10.4. The number of halogens is 3. The van der Waals surface area contributed by atoms with Crippen LogP contribution in [0.4, 0.5) is 22.8 Å². The predicted octanol–water partition coefficient (Wildman–Crippen LogP) is 2.40. The number of carbonyl (C=O) groups is 2. The Morgan fingerprint density at radius 3 is 2.06 bits per heavy atom. The molecule has 0 radical (unpaired) electrons. The van der Waals surface area contributed by atoms with E-state index in [2.05, 4.69) is 9.47 Å². The lowest BCUT2D eigenvalue weighted by Gasteiger charge is -2.26. The minimum Gasteiger partial charge on any atom is -0.448 e. The highest BCUT2D eigenvalue weighted by Crippen LogP contribution is 2.20. The molecule has 18 heavy (non-hydrogen) atoms. The largest absolute Gasteiger partial charge is 0.508 e. The van der Waals surface area contributed by atoms with Crippen LogP contribution in [0.5, 0.6) is 0 Å². The van der Waals surface area contributed by atoms with Crippen LogP contribution in [0.25, 0.3) is 0 Å². The standard InChI is InChI=1S/C9H15F3N2O4/c1-5-17-7(16)14(9(10,11)12)13-6(15)18-8(2,3)4/h5H2,1-4H3,(H,13,15). The van der Waals surface area contributed by atoms with Crippen LogP contribution in [-0.2, 0) is 9.47 Å². The SMILES string of the molecule is CCOC(=O)N(NC(=O)OC(C)(C)C)C(F)(F)F. The van der Waals surface area contributed by atoms with Crippen LogP contribution in [0.3, 0.4) is 0 Å². The number of amides is 2. The molecule has 0 aliphatic heterocycles. The van der Waals surface area contributed by atoms with E-state index in [1.807, 2.05) is 0 Å². The monoisotopic (exact) mass is 272 g/mol. The average molecular weight is 272 g/mol. The molecule has 0 fully saturated rings. The van der Waals surface area contributed by atoms with E-state index in [-0.39, 0.29) is 6.61 Å². The number of carbonyl (C=O) groups excluding carboxylic acids is 2. The van der Waals surface area contributed by atoms with Gasteiger partial charge >= 0.3 is 18.5 Å². The normalized spacial score (nSPS) is 11.7. The van der Waals surface area contributed by atoms with Gasteiger partial charge in [-0.05, 0) is 27.7 Å². The summed E-state index contributed by atoms with van der Waals surface area (Å²) in [6.07, 6.45) is -8.26. The van der Waals surface area contributed by atoms with E-state index >= 15 is 0 Å². The van der Waals surface area contributed by atoms with E-state index < -0.39 is 29.1 Å². The molecule has 0 spiro atoms. The fourth-order valence-electron chi connectivity index (χ4n) is 0.793. The van der Waals surface area contributed by atoms with Gasteiger partial charge in [0.2, 0.25) is 0 Å². The second kappa shape index (κ2) is 5.78. The fraction of sp³-hybridized carbons (Fsp3) is 0.778. The van der Waals surface area contributed by atoms with Gasteiger partial charge in [0.25, 0.3) is 0 Å². The molecule has 9 heteroatoms. The van der Waals surface area contributed by atoms with E-state index in [0.717, 1.165) is 0 Å². The van der Waals surface area contributed by atoms with Crippen LogP contribution >= 0.6 is 0 Å². The van der Waals surface area contributed by atoms with E-state index in [1.165, 1.54) is 33.1 Å². The zero-order chi connectivity index (χ0) is 14.6. The van der Waals surface area contributed by atoms with Crippen molar-refractivity contribution < 1.29 is 32.2 Å². The van der Waals surface area contributed by atoms with Crippen LogP contribution in [-0.4, -0.2) is 35.7 Å². The van der Waals surface area contributed by atoms with Gasteiger partial charge in [-0.3, -0.25) is 0 Å². The number of ether oxygens (including phenoxy) is 2. The number of hydrazine groups is 1. The molecule has 0 heterocycles. The van der Waals surface area contributed by atoms with Gasteiger partial charge in [0.05, 0.1) is 6.61 Å². The Morgan fingerprint density at radius 2 is 1.72 bits per heavy atom. The summed E-state index contributed by atoms with van der Waals surface area (Å²) in [5.41, 5.74) is 0.281. The molecule has 6 nitrogen and oxygen atoms in total. The maximum atomic E-state index is 12.4. The van der Waals surface area contributed by atoms with Crippen LogP contribution in [0.2, 0.25) is 0 Å². The molecule has 0 atom stereocenters. The first-order valence-corrected chi connectivity index (χ1v) is 5.00. The summed E-state index contributed by atoms with van der Waals surface area (Å²) in [5.74, 6) is 0. The van der Waals surface area contributed by atoms with Crippen molar-refractivity contribution in [1.82, 2.24) is 10.4 Å². The summed E-state index contributed by atoms with van der Waals surface area (Å²) in [6.45, 7) is 5.47. The minimum atomic E-state index is -5.11. The van der Waals surface area contributed by atoms with Gasteiger partial charge in [-0.15, -0.1) is 18.2 Å². The lowest BCUT2D eigenvalue weighted by molar-refractivity contribution is -0.244. The third-order valence-electron chi connectivity index (χ3n) is 1.31. The van der Waals surface area contributed by atoms with Gasteiger partial charge in [0.15, 0.2) is 0 Å². The van der Waals surface area contributed by atoms with E-state index in [9.17, 15) is 22.8 Å². The topological polar surface area (TPSA) is 67.9 Å².